The van der Waals surface area contributed by atoms with Crippen molar-refractivity contribution in [2.24, 2.45) is 40.9 Å². The minimum absolute atomic E-state index is 0.359. The van der Waals surface area contributed by atoms with E-state index in [0.29, 0.717) is 16.5 Å². The van der Waals surface area contributed by atoms with Gasteiger partial charge in [-0.25, -0.2) is 0 Å². The van der Waals surface area contributed by atoms with Gasteiger partial charge in [-0.2, -0.15) is 0 Å². The second-order valence-electron chi connectivity index (χ2n) is 12.9. The van der Waals surface area contributed by atoms with Crippen LogP contribution in [-0.4, -0.2) is 28.7 Å². The molecule has 0 bridgehead atoms. The Hall–Kier alpha value is -0.0400. The molecule has 1 saturated carbocycles. The number of hydrogen-bond donors (Lipinski definition) is 0. The van der Waals surface area contributed by atoms with Crippen LogP contribution in [0.4, 0.5) is 0 Å². The number of likely N-dealkylation sites (N-methyl/N-ethyl adjacent to an activating group) is 1. The summed E-state index contributed by atoms with van der Waals surface area (Å²) in [5.74, 6) is 5.14. The molecular formula is C26H52N+. The van der Waals surface area contributed by atoms with E-state index in [1.54, 1.807) is 0 Å². The number of nitrogens with zero attached hydrogens (tertiary/aromatic N) is 1. The van der Waals surface area contributed by atoms with E-state index < -0.39 is 0 Å². The van der Waals surface area contributed by atoms with Gasteiger partial charge in [0.2, 0.25) is 0 Å². The van der Waals surface area contributed by atoms with Crippen LogP contribution in [0.15, 0.2) is 0 Å². The lowest BCUT2D eigenvalue weighted by molar-refractivity contribution is -0.870. The number of hydrogen-bond acceptors (Lipinski definition) is 0. The van der Waals surface area contributed by atoms with Gasteiger partial charge in [-0.3, -0.25) is 0 Å². The van der Waals surface area contributed by atoms with Crippen molar-refractivity contribution in [1.82, 2.24) is 0 Å². The van der Waals surface area contributed by atoms with Crippen molar-refractivity contribution in [3.8, 4) is 0 Å². The fourth-order valence-corrected chi connectivity index (χ4v) is 7.56. The molecule has 1 saturated heterocycles. The maximum absolute atomic E-state index is 2.62. The molecule has 2 rings (SSSR count). The van der Waals surface area contributed by atoms with Crippen molar-refractivity contribution in [3.05, 3.63) is 0 Å². The van der Waals surface area contributed by atoms with Crippen molar-refractivity contribution in [2.45, 2.75) is 119 Å². The number of quaternary nitrogens is 1. The summed E-state index contributed by atoms with van der Waals surface area (Å²) >= 11 is 0. The van der Waals surface area contributed by atoms with Crippen LogP contribution in [0.2, 0.25) is 0 Å². The molecule has 1 nitrogen and oxygen atoms in total. The fraction of sp³-hybridized carbons (Fsp3) is 1.00. The Balaban J connectivity index is 2.06. The van der Waals surface area contributed by atoms with Crippen LogP contribution in [0.25, 0.3) is 0 Å². The molecule has 160 valence electrons. The van der Waals surface area contributed by atoms with E-state index in [9.17, 15) is 0 Å². The minimum Gasteiger partial charge on any atom is -0.305 e. The Morgan fingerprint density at radius 2 is 1.44 bits per heavy atom. The lowest BCUT2D eigenvalue weighted by Gasteiger charge is -2.60. The third-order valence-electron chi connectivity index (χ3n) is 10.9. The first kappa shape index (κ1) is 23.2. The third-order valence-corrected chi connectivity index (χ3v) is 10.9. The summed E-state index contributed by atoms with van der Waals surface area (Å²) in [4.78, 5) is 0. The molecule has 2 aliphatic rings. The topological polar surface area (TPSA) is 0 Å². The standard InChI is InChI=1S/C26H52N/c1-17(2)19(4)14-23-20(5)21(6)26(23,12)16-18(3)15-24(8,9)27(13)22(7)25(27,10)11/h17-23H,14-16H2,1-13H3/q+1. The van der Waals surface area contributed by atoms with E-state index in [1.165, 1.54) is 23.7 Å². The Labute approximate surface area is 172 Å². The van der Waals surface area contributed by atoms with Gasteiger partial charge in [0.1, 0.15) is 11.6 Å². The molecule has 27 heavy (non-hydrogen) atoms. The van der Waals surface area contributed by atoms with Gasteiger partial charge in [-0.05, 0) is 88.4 Å². The lowest BCUT2D eigenvalue weighted by Crippen LogP contribution is -2.55. The molecule has 2 fully saturated rings. The number of rotatable bonds is 8. The largest absolute Gasteiger partial charge is 0.305 e. The third kappa shape index (κ3) is 3.43. The molecule has 8 unspecified atom stereocenters. The van der Waals surface area contributed by atoms with Crippen LogP contribution in [0, 0.1) is 40.9 Å². The molecule has 1 aliphatic heterocycles. The molecule has 0 spiro atoms. The smallest absolute Gasteiger partial charge is 0.146 e. The predicted molar refractivity (Wildman–Crippen MR) is 121 cm³/mol. The van der Waals surface area contributed by atoms with Crippen molar-refractivity contribution < 1.29 is 4.48 Å². The molecule has 0 aromatic carbocycles. The van der Waals surface area contributed by atoms with E-state index in [0.717, 1.165) is 41.5 Å². The van der Waals surface area contributed by atoms with Gasteiger partial charge in [-0.15, -0.1) is 0 Å². The first-order valence-electron chi connectivity index (χ1n) is 11.9. The second-order valence-corrected chi connectivity index (χ2v) is 12.9. The van der Waals surface area contributed by atoms with Crippen molar-refractivity contribution in [3.63, 3.8) is 0 Å². The molecule has 1 heterocycles. The Bertz CT molecular complexity index is 532. The van der Waals surface area contributed by atoms with Crippen molar-refractivity contribution in [2.75, 3.05) is 7.05 Å². The molecule has 0 radical (unpaired) electrons. The first-order valence-corrected chi connectivity index (χ1v) is 11.9. The summed E-state index contributed by atoms with van der Waals surface area (Å²) in [6, 6.07) is 0.776. The average molecular weight is 379 g/mol. The van der Waals surface area contributed by atoms with Gasteiger partial charge in [-0.1, -0.05) is 48.5 Å². The highest BCUT2D eigenvalue weighted by Crippen LogP contribution is 2.62. The van der Waals surface area contributed by atoms with Crippen LogP contribution >= 0.6 is 0 Å². The van der Waals surface area contributed by atoms with Gasteiger partial charge in [0.05, 0.1) is 12.6 Å². The fourth-order valence-electron chi connectivity index (χ4n) is 7.56. The van der Waals surface area contributed by atoms with Gasteiger partial charge in [0.25, 0.3) is 0 Å². The van der Waals surface area contributed by atoms with E-state index in [-0.39, 0.29) is 0 Å². The normalized spacial score (nSPS) is 43.3. The van der Waals surface area contributed by atoms with E-state index in [2.05, 4.69) is 90.1 Å². The van der Waals surface area contributed by atoms with Gasteiger partial charge < -0.3 is 4.48 Å². The molecule has 0 amide bonds. The zero-order valence-corrected chi connectivity index (χ0v) is 21.1. The van der Waals surface area contributed by atoms with E-state index in [4.69, 9.17) is 0 Å². The first-order chi connectivity index (χ1) is 12.0. The Morgan fingerprint density at radius 3 is 1.85 bits per heavy atom. The maximum Gasteiger partial charge on any atom is 0.146 e. The molecular weight excluding hydrogens is 326 g/mol. The van der Waals surface area contributed by atoms with Crippen LogP contribution < -0.4 is 0 Å². The molecule has 1 aliphatic carbocycles. The van der Waals surface area contributed by atoms with Crippen molar-refractivity contribution in [1.29, 1.82) is 0 Å². The van der Waals surface area contributed by atoms with Crippen molar-refractivity contribution >= 4 is 0 Å². The van der Waals surface area contributed by atoms with E-state index >= 15 is 0 Å². The average Bonchev–Trinajstić information content (AvgIpc) is 2.95. The summed E-state index contributed by atoms with van der Waals surface area (Å²) in [5.41, 5.74) is 1.33. The van der Waals surface area contributed by atoms with Gasteiger partial charge >= 0.3 is 0 Å². The SMILES string of the molecule is CC(CC1(C)C(C)C(C)C1CC(C)C(C)C)CC(C)(C)[N+]1(C)C(C)C1(C)C. The minimum atomic E-state index is 0.359. The molecule has 0 aromatic heterocycles. The molecule has 8 atom stereocenters. The van der Waals surface area contributed by atoms with Crippen LogP contribution in [-0.2, 0) is 0 Å². The quantitative estimate of drug-likeness (QED) is 0.305. The van der Waals surface area contributed by atoms with Crippen LogP contribution in [0.3, 0.4) is 0 Å². The summed E-state index contributed by atoms with van der Waals surface area (Å²) < 4.78 is 1.24. The Kier molecular flexibility index (Phi) is 6.05. The zero-order chi connectivity index (χ0) is 21.2. The van der Waals surface area contributed by atoms with Gasteiger partial charge in [0, 0.05) is 6.42 Å². The summed E-state index contributed by atoms with van der Waals surface area (Å²) in [6.07, 6.45) is 4.18. The zero-order valence-electron chi connectivity index (χ0n) is 21.1. The molecule has 0 aromatic rings. The van der Waals surface area contributed by atoms with Crippen LogP contribution in [0.5, 0.6) is 0 Å². The Morgan fingerprint density at radius 1 is 0.963 bits per heavy atom. The highest BCUT2D eigenvalue weighted by Gasteiger charge is 2.73. The summed E-state index contributed by atoms with van der Waals surface area (Å²) in [5, 5.41) is 0. The monoisotopic (exact) mass is 378 g/mol. The predicted octanol–water partition coefficient (Wildman–Crippen LogP) is 7.40. The van der Waals surface area contributed by atoms with Crippen LogP contribution in [0.1, 0.15) is 102 Å². The maximum atomic E-state index is 2.62. The molecule has 0 N–H and O–H groups in total. The lowest BCUT2D eigenvalue weighted by atomic mass is 9.44. The summed E-state index contributed by atoms with van der Waals surface area (Å²) in [6.45, 7) is 29.9. The van der Waals surface area contributed by atoms with E-state index in [1.807, 2.05) is 0 Å². The highest BCUT2D eigenvalue weighted by atomic mass is 15.6. The second kappa shape index (κ2) is 7.03. The van der Waals surface area contributed by atoms with Gasteiger partial charge in [0.15, 0.2) is 0 Å². The highest BCUT2D eigenvalue weighted by molar-refractivity contribution is 5.04. The molecule has 1 heteroatoms. The summed E-state index contributed by atoms with van der Waals surface area (Å²) in [7, 11) is 2.50.